The van der Waals surface area contributed by atoms with Gasteiger partial charge in [-0.15, -0.1) is 0 Å². The molecule has 2 aliphatic carbocycles. The predicted molar refractivity (Wildman–Crippen MR) is 47.6 cm³/mol. The lowest BCUT2D eigenvalue weighted by atomic mass is 9.93. The van der Waals surface area contributed by atoms with Gasteiger partial charge in [-0.3, -0.25) is 0 Å². The molecule has 2 saturated carbocycles. The lowest BCUT2D eigenvalue weighted by Gasteiger charge is -2.26. The van der Waals surface area contributed by atoms with E-state index in [4.69, 9.17) is 0 Å². The van der Waals surface area contributed by atoms with Crippen molar-refractivity contribution >= 4 is 0 Å². The molecule has 0 unspecified atom stereocenters. The summed E-state index contributed by atoms with van der Waals surface area (Å²) in [5, 5.41) is 3.60. The van der Waals surface area contributed by atoms with Gasteiger partial charge in [0.1, 0.15) is 0 Å². The molecule has 0 saturated heterocycles. The molecule has 0 aromatic heterocycles. The van der Waals surface area contributed by atoms with Crippen LogP contribution in [0.4, 0.5) is 0 Å². The molecule has 11 heavy (non-hydrogen) atoms. The molecule has 0 atom stereocenters. The smallest absolute Gasteiger partial charge is 0.00670 e. The molecule has 2 aliphatic rings. The molecule has 0 radical (unpaired) electrons. The van der Waals surface area contributed by atoms with Crippen molar-refractivity contribution in [2.24, 2.45) is 5.92 Å². The van der Waals surface area contributed by atoms with Crippen LogP contribution in [0.25, 0.3) is 0 Å². The Kier molecular flexibility index (Phi) is 2.47. The van der Waals surface area contributed by atoms with Crippen molar-refractivity contribution in [1.82, 2.24) is 5.32 Å². The van der Waals surface area contributed by atoms with E-state index in [2.05, 4.69) is 5.32 Å². The van der Waals surface area contributed by atoms with E-state index < -0.39 is 0 Å². The highest BCUT2D eigenvalue weighted by Gasteiger charge is 2.20. The summed E-state index contributed by atoms with van der Waals surface area (Å²) in [5.74, 6) is 1.12. The largest absolute Gasteiger partial charge is 0.314 e. The first kappa shape index (κ1) is 7.60. The zero-order chi connectivity index (χ0) is 7.52. The first-order valence-electron chi connectivity index (χ1n) is 5.18. The molecule has 2 fully saturated rings. The third-order valence-electron chi connectivity index (χ3n) is 3.02. The zero-order valence-electron chi connectivity index (χ0n) is 7.31. The number of nitrogens with one attached hydrogen (secondary N) is 1. The molecule has 1 nitrogen and oxygen atoms in total. The van der Waals surface area contributed by atoms with Crippen LogP contribution in [0.15, 0.2) is 0 Å². The topological polar surface area (TPSA) is 12.0 Å². The second-order valence-corrected chi connectivity index (χ2v) is 4.17. The van der Waals surface area contributed by atoms with Gasteiger partial charge in [0.25, 0.3) is 0 Å². The molecule has 2 rings (SSSR count). The summed E-state index contributed by atoms with van der Waals surface area (Å²) < 4.78 is 0. The number of rotatable bonds is 5. The van der Waals surface area contributed by atoms with Gasteiger partial charge in [0.2, 0.25) is 0 Å². The summed E-state index contributed by atoms with van der Waals surface area (Å²) >= 11 is 0. The van der Waals surface area contributed by atoms with Gasteiger partial charge in [0, 0.05) is 6.04 Å². The molecule has 0 spiro atoms. The molecule has 0 amide bonds. The van der Waals surface area contributed by atoms with Crippen molar-refractivity contribution in [3.8, 4) is 0 Å². The molecule has 0 aliphatic heterocycles. The lowest BCUT2D eigenvalue weighted by Crippen LogP contribution is -2.35. The minimum atomic E-state index is 0.897. The Morgan fingerprint density at radius 1 is 1.09 bits per heavy atom. The maximum atomic E-state index is 3.60. The number of hydrogen-bond acceptors (Lipinski definition) is 1. The van der Waals surface area contributed by atoms with Crippen LogP contribution in [0.5, 0.6) is 0 Å². The Balaban J connectivity index is 1.40. The summed E-state index contributed by atoms with van der Waals surface area (Å²) in [7, 11) is 0. The average Bonchev–Trinajstić information content (AvgIpc) is 2.66. The van der Waals surface area contributed by atoms with E-state index in [0.717, 1.165) is 12.0 Å². The van der Waals surface area contributed by atoms with E-state index >= 15 is 0 Å². The second-order valence-electron chi connectivity index (χ2n) is 4.17. The highest BCUT2D eigenvalue weighted by atomic mass is 14.9. The van der Waals surface area contributed by atoms with E-state index in [0.29, 0.717) is 0 Å². The van der Waals surface area contributed by atoms with Crippen molar-refractivity contribution in [2.45, 2.75) is 51.0 Å². The van der Waals surface area contributed by atoms with E-state index in [1.807, 2.05) is 0 Å². The maximum Gasteiger partial charge on any atom is 0.00670 e. The van der Waals surface area contributed by atoms with Crippen molar-refractivity contribution < 1.29 is 0 Å². The van der Waals surface area contributed by atoms with E-state index in [-0.39, 0.29) is 0 Å². The van der Waals surface area contributed by atoms with Gasteiger partial charge in [0.15, 0.2) is 0 Å². The van der Waals surface area contributed by atoms with Crippen LogP contribution >= 0.6 is 0 Å². The Bertz CT molecular complexity index is 114. The molecule has 0 aromatic carbocycles. The zero-order valence-corrected chi connectivity index (χ0v) is 7.31. The fourth-order valence-electron chi connectivity index (χ4n) is 1.72. The van der Waals surface area contributed by atoms with Crippen LogP contribution in [0.2, 0.25) is 0 Å². The molecule has 0 heterocycles. The van der Waals surface area contributed by atoms with Crippen molar-refractivity contribution in [1.29, 1.82) is 0 Å². The Morgan fingerprint density at radius 3 is 2.45 bits per heavy atom. The lowest BCUT2D eigenvalue weighted by molar-refractivity contribution is 0.336. The fourth-order valence-corrected chi connectivity index (χ4v) is 1.72. The first-order chi connectivity index (χ1) is 5.45. The minimum absolute atomic E-state index is 0.897. The molecule has 64 valence electrons. The van der Waals surface area contributed by atoms with Crippen LogP contribution in [0.1, 0.15) is 44.9 Å². The Hall–Kier alpha value is -0.0400. The standard InChI is InChI=1S/C10H19N/c1-4-10(5-1)11-8-2-3-9-6-7-9/h9-11H,1-8H2. The van der Waals surface area contributed by atoms with Gasteiger partial charge in [-0.25, -0.2) is 0 Å². The van der Waals surface area contributed by atoms with Gasteiger partial charge in [0.05, 0.1) is 0 Å². The van der Waals surface area contributed by atoms with Crippen molar-refractivity contribution in [3.63, 3.8) is 0 Å². The van der Waals surface area contributed by atoms with Crippen molar-refractivity contribution in [2.75, 3.05) is 6.54 Å². The summed E-state index contributed by atoms with van der Waals surface area (Å²) in [6.45, 7) is 1.28. The third-order valence-corrected chi connectivity index (χ3v) is 3.02. The molecule has 0 bridgehead atoms. The highest BCUT2D eigenvalue weighted by molar-refractivity contribution is 4.77. The molecular formula is C10H19N. The van der Waals surface area contributed by atoms with Gasteiger partial charge >= 0.3 is 0 Å². The van der Waals surface area contributed by atoms with Gasteiger partial charge in [-0.05, 0) is 38.1 Å². The average molecular weight is 153 g/mol. The molecule has 1 N–H and O–H groups in total. The molecular weight excluding hydrogens is 134 g/mol. The van der Waals surface area contributed by atoms with Crippen LogP contribution in [0, 0.1) is 5.92 Å². The van der Waals surface area contributed by atoms with E-state index in [1.54, 1.807) is 0 Å². The van der Waals surface area contributed by atoms with Crippen LogP contribution in [0.3, 0.4) is 0 Å². The molecule has 0 aromatic rings. The third kappa shape index (κ3) is 2.48. The maximum absolute atomic E-state index is 3.60. The SMILES string of the molecule is C(CNC1CCC1)CC1CC1. The Morgan fingerprint density at radius 2 is 1.91 bits per heavy atom. The molecule has 1 heteroatoms. The quantitative estimate of drug-likeness (QED) is 0.598. The minimum Gasteiger partial charge on any atom is -0.314 e. The van der Waals surface area contributed by atoms with Gasteiger partial charge < -0.3 is 5.32 Å². The van der Waals surface area contributed by atoms with Crippen LogP contribution < -0.4 is 5.32 Å². The van der Waals surface area contributed by atoms with Crippen molar-refractivity contribution in [3.05, 3.63) is 0 Å². The van der Waals surface area contributed by atoms with Crippen LogP contribution in [-0.4, -0.2) is 12.6 Å². The number of hydrogen-bond donors (Lipinski definition) is 1. The highest BCUT2D eigenvalue weighted by Crippen LogP contribution is 2.33. The van der Waals surface area contributed by atoms with Gasteiger partial charge in [-0.1, -0.05) is 19.3 Å². The Labute approximate surface area is 69.6 Å². The fraction of sp³-hybridized carbons (Fsp3) is 1.00. The first-order valence-corrected chi connectivity index (χ1v) is 5.18. The summed E-state index contributed by atoms with van der Waals surface area (Å²) in [5.41, 5.74) is 0. The summed E-state index contributed by atoms with van der Waals surface area (Å²) in [4.78, 5) is 0. The normalized spacial score (nSPS) is 25.1. The van der Waals surface area contributed by atoms with Crippen LogP contribution in [-0.2, 0) is 0 Å². The summed E-state index contributed by atoms with van der Waals surface area (Å²) in [6.07, 6.45) is 10.3. The van der Waals surface area contributed by atoms with E-state index in [1.165, 1.54) is 51.5 Å². The monoisotopic (exact) mass is 153 g/mol. The van der Waals surface area contributed by atoms with Gasteiger partial charge in [-0.2, -0.15) is 0 Å². The predicted octanol–water partition coefficient (Wildman–Crippen LogP) is 2.32. The van der Waals surface area contributed by atoms with E-state index in [9.17, 15) is 0 Å². The summed E-state index contributed by atoms with van der Waals surface area (Å²) in [6, 6.07) is 0.897. The second kappa shape index (κ2) is 3.57.